The maximum absolute atomic E-state index is 12.7. The van der Waals surface area contributed by atoms with Crippen LogP contribution in [-0.4, -0.2) is 41.8 Å². The van der Waals surface area contributed by atoms with Crippen molar-refractivity contribution < 1.29 is 9.53 Å². The van der Waals surface area contributed by atoms with E-state index >= 15 is 0 Å². The molecule has 25 heavy (non-hydrogen) atoms. The maximum Gasteiger partial charge on any atom is 0.419 e. The van der Waals surface area contributed by atoms with E-state index in [9.17, 15) is 4.79 Å². The highest BCUT2D eigenvalue weighted by Gasteiger charge is 2.17. The van der Waals surface area contributed by atoms with E-state index in [1.54, 1.807) is 10.6 Å². The molecule has 5 nitrogen and oxygen atoms in total. The molecule has 6 heteroatoms. The fraction of sp³-hybridized carbons (Fsp3) is 0.316. The fourth-order valence-electron chi connectivity index (χ4n) is 3.05. The van der Waals surface area contributed by atoms with E-state index in [-0.39, 0.29) is 18.5 Å². The van der Waals surface area contributed by atoms with Gasteiger partial charge in [-0.25, -0.2) is 9.36 Å². The number of likely N-dealkylation sites (N-methyl/N-ethyl adjacent to an activating group) is 1. The number of rotatable bonds is 5. The summed E-state index contributed by atoms with van der Waals surface area (Å²) in [6.07, 6.45) is -0.349. The largest absolute Gasteiger partial charge is 0.448 e. The Kier molecular flexibility index (Phi) is 6.28. The predicted octanol–water partition coefficient (Wildman–Crippen LogP) is 4.13. The number of carbonyl (C=O) groups excluding carboxylic acids is 1. The van der Waals surface area contributed by atoms with Gasteiger partial charge in [-0.05, 0) is 37.4 Å². The highest BCUT2D eigenvalue weighted by molar-refractivity contribution is 6.13. The lowest BCUT2D eigenvalue weighted by Gasteiger charge is -2.17. The third kappa shape index (κ3) is 3.72. The average molecular weight is 362 g/mol. The number of benzene rings is 2. The Morgan fingerprint density at radius 1 is 1.08 bits per heavy atom. The van der Waals surface area contributed by atoms with Gasteiger partial charge in [-0.1, -0.05) is 32.0 Å². The molecule has 0 aliphatic rings. The Balaban J connectivity index is 0.00000225. The molecule has 1 heterocycles. The van der Waals surface area contributed by atoms with Crippen LogP contribution in [0.2, 0.25) is 0 Å². The number of hydrogen-bond acceptors (Lipinski definition) is 4. The third-order valence-electron chi connectivity index (χ3n) is 4.41. The number of hydrogen-bond donors (Lipinski definition) is 1. The zero-order valence-electron chi connectivity index (χ0n) is 14.6. The van der Waals surface area contributed by atoms with Crippen molar-refractivity contribution in [3.05, 3.63) is 42.5 Å². The van der Waals surface area contributed by atoms with Gasteiger partial charge in [0.2, 0.25) is 0 Å². The molecule has 2 aromatic carbocycles. The number of nitrogens with two attached hydrogens (primary N) is 1. The van der Waals surface area contributed by atoms with Crippen LogP contribution in [0.5, 0.6) is 0 Å². The van der Waals surface area contributed by atoms with E-state index in [1.165, 1.54) is 0 Å². The Hall–Kier alpha value is -2.24. The highest BCUT2D eigenvalue weighted by atomic mass is 35.5. The monoisotopic (exact) mass is 361 g/mol. The van der Waals surface area contributed by atoms with Crippen molar-refractivity contribution in [2.75, 3.05) is 32.0 Å². The van der Waals surface area contributed by atoms with Gasteiger partial charge in [-0.3, -0.25) is 0 Å². The van der Waals surface area contributed by atoms with Gasteiger partial charge in [0.25, 0.3) is 0 Å². The minimum absolute atomic E-state index is 0. The van der Waals surface area contributed by atoms with Crippen molar-refractivity contribution in [1.29, 1.82) is 0 Å². The molecule has 0 aliphatic heterocycles. The molecule has 3 aromatic rings. The molecule has 3 rings (SSSR count). The molecule has 0 fully saturated rings. The summed E-state index contributed by atoms with van der Waals surface area (Å²) >= 11 is 0. The topological polar surface area (TPSA) is 60.5 Å². The molecule has 0 saturated carbocycles. The number of aromatic nitrogens is 1. The van der Waals surface area contributed by atoms with Crippen LogP contribution in [-0.2, 0) is 4.74 Å². The first-order valence-electron chi connectivity index (χ1n) is 8.33. The van der Waals surface area contributed by atoms with Crippen molar-refractivity contribution in [1.82, 2.24) is 9.47 Å². The zero-order chi connectivity index (χ0) is 17.1. The van der Waals surface area contributed by atoms with Crippen molar-refractivity contribution in [3.63, 3.8) is 0 Å². The van der Waals surface area contributed by atoms with Crippen molar-refractivity contribution in [2.24, 2.45) is 0 Å². The lowest BCUT2D eigenvalue weighted by Crippen LogP contribution is -2.28. The van der Waals surface area contributed by atoms with E-state index in [0.717, 1.165) is 41.4 Å². The van der Waals surface area contributed by atoms with Crippen molar-refractivity contribution >= 4 is 46.0 Å². The predicted molar refractivity (Wildman–Crippen MR) is 106 cm³/mol. The summed E-state index contributed by atoms with van der Waals surface area (Å²) in [5.74, 6) is 0. The van der Waals surface area contributed by atoms with Gasteiger partial charge in [0.05, 0.1) is 11.0 Å². The third-order valence-corrected chi connectivity index (χ3v) is 4.41. The minimum Gasteiger partial charge on any atom is -0.448 e. The average Bonchev–Trinajstić information content (AvgIpc) is 2.92. The van der Waals surface area contributed by atoms with Crippen LogP contribution in [0.1, 0.15) is 13.8 Å². The quantitative estimate of drug-likeness (QED) is 0.694. The van der Waals surface area contributed by atoms with E-state index in [4.69, 9.17) is 10.5 Å². The molecule has 0 atom stereocenters. The first-order valence-corrected chi connectivity index (χ1v) is 8.33. The Bertz CT molecular complexity index is 872. The Morgan fingerprint density at radius 2 is 1.76 bits per heavy atom. The number of nitrogen functional groups attached to an aromatic ring is 1. The number of fused-ring (bicyclic) bond motifs is 3. The van der Waals surface area contributed by atoms with Crippen molar-refractivity contribution in [2.45, 2.75) is 13.8 Å². The lowest BCUT2D eigenvalue weighted by molar-refractivity contribution is 0.132. The molecule has 2 N–H and O–H groups in total. The van der Waals surface area contributed by atoms with Gasteiger partial charge in [0, 0.05) is 23.0 Å². The molecule has 0 bridgehead atoms. The van der Waals surface area contributed by atoms with Gasteiger partial charge < -0.3 is 15.4 Å². The second-order valence-corrected chi connectivity index (χ2v) is 5.77. The number of anilines is 1. The maximum atomic E-state index is 12.7. The molecule has 1 aromatic heterocycles. The summed E-state index contributed by atoms with van der Waals surface area (Å²) in [5, 5.41) is 1.96. The zero-order valence-corrected chi connectivity index (χ0v) is 15.4. The number of para-hydroxylation sites is 1. The van der Waals surface area contributed by atoms with Gasteiger partial charge in [-0.2, -0.15) is 0 Å². The second kappa shape index (κ2) is 8.23. The highest BCUT2D eigenvalue weighted by Crippen LogP contribution is 2.30. The fourth-order valence-corrected chi connectivity index (χ4v) is 3.05. The summed E-state index contributed by atoms with van der Waals surface area (Å²) in [5.41, 5.74) is 8.25. The van der Waals surface area contributed by atoms with Gasteiger partial charge >= 0.3 is 6.09 Å². The standard InChI is InChI=1S/C19H23N3O2.ClH/c1-3-21(4-2)11-12-24-19(23)22-17-8-6-5-7-15(17)16-13-14(20)9-10-18(16)22;/h5-10,13H,3-4,11-12,20H2,1-2H3;1H. The van der Waals surface area contributed by atoms with Crippen LogP contribution in [0.25, 0.3) is 21.8 Å². The number of ether oxygens (including phenoxy) is 1. The first-order chi connectivity index (χ1) is 11.7. The van der Waals surface area contributed by atoms with E-state index in [2.05, 4.69) is 18.7 Å². The van der Waals surface area contributed by atoms with E-state index in [1.807, 2.05) is 36.4 Å². The number of carbonyl (C=O) groups is 1. The molecule has 0 saturated heterocycles. The Labute approximate surface area is 153 Å². The summed E-state index contributed by atoms with van der Waals surface area (Å²) in [6.45, 7) is 7.21. The summed E-state index contributed by atoms with van der Waals surface area (Å²) in [7, 11) is 0. The van der Waals surface area contributed by atoms with Crippen LogP contribution in [0, 0.1) is 0 Å². The van der Waals surface area contributed by atoms with Crippen LogP contribution >= 0.6 is 12.4 Å². The molecule has 0 radical (unpaired) electrons. The van der Waals surface area contributed by atoms with Gasteiger partial charge in [-0.15, -0.1) is 12.4 Å². The Morgan fingerprint density at radius 3 is 2.48 bits per heavy atom. The second-order valence-electron chi connectivity index (χ2n) is 5.77. The summed E-state index contributed by atoms with van der Waals surface area (Å²) < 4.78 is 7.15. The van der Waals surface area contributed by atoms with Crippen LogP contribution in [0.15, 0.2) is 42.5 Å². The number of halogens is 1. The smallest absolute Gasteiger partial charge is 0.419 e. The van der Waals surface area contributed by atoms with E-state index < -0.39 is 0 Å². The van der Waals surface area contributed by atoms with Crippen LogP contribution in [0.3, 0.4) is 0 Å². The molecule has 0 unspecified atom stereocenters. The van der Waals surface area contributed by atoms with Crippen LogP contribution in [0.4, 0.5) is 10.5 Å². The summed E-state index contributed by atoms with van der Waals surface area (Å²) in [6, 6.07) is 13.4. The van der Waals surface area contributed by atoms with Gasteiger partial charge in [0.15, 0.2) is 0 Å². The van der Waals surface area contributed by atoms with Crippen LogP contribution < -0.4 is 5.73 Å². The molecule has 134 valence electrons. The molecule has 0 aliphatic carbocycles. The lowest BCUT2D eigenvalue weighted by atomic mass is 10.1. The van der Waals surface area contributed by atoms with Gasteiger partial charge in [0.1, 0.15) is 6.61 Å². The minimum atomic E-state index is -0.349. The molecular weight excluding hydrogens is 338 g/mol. The number of nitrogens with zero attached hydrogens (tertiary/aromatic N) is 2. The van der Waals surface area contributed by atoms with E-state index in [0.29, 0.717) is 12.3 Å². The molecular formula is C19H24ClN3O2. The normalized spacial score (nSPS) is 11.0. The SMILES string of the molecule is CCN(CC)CCOC(=O)n1c2ccccc2c2cc(N)ccc21.Cl. The molecule has 0 amide bonds. The molecule has 0 spiro atoms. The summed E-state index contributed by atoms with van der Waals surface area (Å²) in [4.78, 5) is 14.9. The first kappa shape index (κ1) is 19.1. The van der Waals surface area contributed by atoms with Crippen molar-refractivity contribution in [3.8, 4) is 0 Å².